The van der Waals surface area contributed by atoms with Crippen LogP contribution in [0.2, 0.25) is 0 Å². The van der Waals surface area contributed by atoms with Gasteiger partial charge in [0.05, 0.1) is 14.2 Å². The highest BCUT2D eigenvalue weighted by atomic mass is 19.4. The molecule has 0 aliphatic carbocycles. The van der Waals surface area contributed by atoms with Crippen molar-refractivity contribution in [3.05, 3.63) is 0 Å². The molecule has 0 aromatic heterocycles. The number of halogens is 3. The zero-order chi connectivity index (χ0) is 14.2. The van der Waals surface area contributed by atoms with Gasteiger partial charge in [-0.1, -0.05) is 0 Å². The van der Waals surface area contributed by atoms with Crippen LogP contribution in [0.1, 0.15) is 12.8 Å². The Morgan fingerprint density at radius 2 is 1.61 bits per heavy atom. The molecule has 0 unspecified atom stereocenters. The van der Waals surface area contributed by atoms with Crippen LogP contribution in [-0.4, -0.2) is 45.5 Å². The smallest absolute Gasteiger partial charge is 0.411 e. The third kappa shape index (κ3) is 7.10. The van der Waals surface area contributed by atoms with Crippen molar-refractivity contribution in [2.45, 2.75) is 19.0 Å². The lowest BCUT2D eigenvalue weighted by atomic mass is 10.0. The van der Waals surface area contributed by atoms with Crippen LogP contribution >= 0.6 is 0 Å². The first-order valence-corrected chi connectivity index (χ1v) is 5.12. The highest BCUT2D eigenvalue weighted by molar-refractivity contribution is 5.94. The lowest BCUT2D eigenvalue weighted by Crippen LogP contribution is -2.27. The van der Waals surface area contributed by atoms with E-state index in [2.05, 4.69) is 14.2 Å². The fourth-order valence-electron chi connectivity index (χ4n) is 1.19. The van der Waals surface area contributed by atoms with Crippen molar-refractivity contribution < 1.29 is 37.0 Å². The Balaban J connectivity index is 3.98. The summed E-state index contributed by atoms with van der Waals surface area (Å²) < 4.78 is 48.3. The molecule has 0 aliphatic heterocycles. The second-order valence-electron chi connectivity index (χ2n) is 3.41. The first kappa shape index (κ1) is 16.7. The van der Waals surface area contributed by atoms with Crippen LogP contribution < -0.4 is 0 Å². The maximum Gasteiger partial charge on any atom is 0.411 e. The number of rotatable bonds is 7. The molecule has 0 heterocycles. The van der Waals surface area contributed by atoms with Gasteiger partial charge in [0.2, 0.25) is 0 Å². The Bertz CT molecular complexity index is 261. The number of methoxy groups -OCH3 is 2. The van der Waals surface area contributed by atoms with Gasteiger partial charge in [-0.25, -0.2) is 0 Å². The predicted molar refractivity (Wildman–Crippen MR) is 53.6 cm³/mol. The van der Waals surface area contributed by atoms with Crippen LogP contribution in [0, 0.1) is 5.92 Å². The number of hydrogen-bond donors (Lipinski definition) is 0. The second-order valence-corrected chi connectivity index (χ2v) is 3.41. The number of hydrogen-bond acceptors (Lipinski definition) is 5. The van der Waals surface area contributed by atoms with E-state index in [1.807, 2.05) is 0 Å². The van der Waals surface area contributed by atoms with Crippen LogP contribution in [0.15, 0.2) is 0 Å². The molecule has 0 aromatic rings. The van der Waals surface area contributed by atoms with E-state index in [9.17, 15) is 22.8 Å². The van der Waals surface area contributed by atoms with Gasteiger partial charge in [0, 0.05) is 6.61 Å². The van der Waals surface area contributed by atoms with Crippen molar-refractivity contribution in [3.63, 3.8) is 0 Å². The molecule has 0 spiro atoms. The van der Waals surface area contributed by atoms with Crippen molar-refractivity contribution in [1.29, 1.82) is 0 Å². The minimum Gasteiger partial charge on any atom is -0.468 e. The monoisotopic (exact) mass is 272 g/mol. The molecule has 8 heteroatoms. The van der Waals surface area contributed by atoms with Crippen molar-refractivity contribution >= 4 is 11.9 Å². The molecule has 0 bridgehead atoms. The predicted octanol–water partition coefficient (Wildman–Crippen LogP) is 1.31. The van der Waals surface area contributed by atoms with Crippen LogP contribution in [0.25, 0.3) is 0 Å². The highest BCUT2D eigenvalue weighted by Gasteiger charge is 2.29. The molecular weight excluding hydrogens is 257 g/mol. The third-order valence-corrected chi connectivity index (χ3v) is 2.02. The Labute approximate surface area is 102 Å². The summed E-state index contributed by atoms with van der Waals surface area (Å²) in [7, 11) is 2.22. The van der Waals surface area contributed by atoms with Gasteiger partial charge >= 0.3 is 18.1 Å². The molecule has 0 amide bonds. The normalized spacial score (nSPS) is 11.4. The van der Waals surface area contributed by atoms with E-state index in [0.717, 1.165) is 14.2 Å². The molecule has 0 atom stereocenters. The topological polar surface area (TPSA) is 61.8 Å². The molecule has 0 aromatic carbocycles. The number of ether oxygens (including phenoxy) is 3. The second kappa shape index (κ2) is 7.91. The summed E-state index contributed by atoms with van der Waals surface area (Å²) in [4.78, 5) is 22.4. The maximum atomic E-state index is 11.7. The van der Waals surface area contributed by atoms with Gasteiger partial charge in [0.1, 0.15) is 6.61 Å². The average molecular weight is 272 g/mol. The summed E-state index contributed by atoms with van der Waals surface area (Å²) in [6, 6.07) is 0. The highest BCUT2D eigenvalue weighted by Crippen LogP contribution is 2.15. The minimum absolute atomic E-state index is 0.0111. The minimum atomic E-state index is -4.38. The van der Waals surface area contributed by atoms with Crippen molar-refractivity contribution in [2.24, 2.45) is 5.92 Å². The molecule has 0 aliphatic rings. The number of carbonyl (C=O) groups is 2. The summed E-state index contributed by atoms with van der Waals surface area (Å²) in [5.74, 6) is -2.69. The summed E-state index contributed by atoms with van der Waals surface area (Å²) in [6.07, 6.45) is -4.26. The Hall–Kier alpha value is -1.31. The molecule has 106 valence electrons. The molecule has 0 saturated heterocycles. The lowest BCUT2D eigenvalue weighted by molar-refractivity contribution is -0.175. The summed E-state index contributed by atoms with van der Waals surface area (Å²) in [5.41, 5.74) is 0. The third-order valence-electron chi connectivity index (χ3n) is 2.02. The van der Waals surface area contributed by atoms with Gasteiger partial charge in [0.15, 0.2) is 5.92 Å². The van der Waals surface area contributed by atoms with Gasteiger partial charge in [0.25, 0.3) is 0 Å². The number of esters is 2. The van der Waals surface area contributed by atoms with E-state index in [-0.39, 0.29) is 19.4 Å². The fourth-order valence-corrected chi connectivity index (χ4v) is 1.19. The van der Waals surface area contributed by atoms with E-state index in [1.54, 1.807) is 0 Å². The summed E-state index contributed by atoms with van der Waals surface area (Å²) >= 11 is 0. The van der Waals surface area contributed by atoms with Crippen molar-refractivity contribution in [3.8, 4) is 0 Å². The van der Waals surface area contributed by atoms with Gasteiger partial charge in [-0.3, -0.25) is 9.59 Å². The van der Waals surface area contributed by atoms with E-state index < -0.39 is 30.6 Å². The standard InChI is InChI=1S/C10H15F3O5/c1-16-8(14)7(9(15)17-2)4-3-5-18-6-10(11,12)13/h7H,3-6H2,1-2H3. The van der Waals surface area contributed by atoms with Crippen molar-refractivity contribution in [2.75, 3.05) is 27.4 Å². The van der Waals surface area contributed by atoms with E-state index in [1.165, 1.54) is 0 Å². The van der Waals surface area contributed by atoms with E-state index >= 15 is 0 Å². The van der Waals surface area contributed by atoms with E-state index in [4.69, 9.17) is 0 Å². The Morgan fingerprint density at radius 1 is 1.11 bits per heavy atom. The molecule has 0 fully saturated rings. The molecule has 0 saturated carbocycles. The Morgan fingerprint density at radius 3 is 2.00 bits per heavy atom. The number of carbonyl (C=O) groups excluding carboxylic acids is 2. The zero-order valence-electron chi connectivity index (χ0n) is 10.1. The van der Waals surface area contributed by atoms with Gasteiger partial charge in [-0.15, -0.1) is 0 Å². The van der Waals surface area contributed by atoms with Gasteiger partial charge in [-0.2, -0.15) is 13.2 Å². The van der Waals surface area contributed by atoms with Crippen molar-refractivity contribution in [1.82, 2.24) is 0 Å². The molecule has 0 rings (SSSR count). The Kier molecular flexibility index (Phi) is 7.33. The van der Waals surface area contributed by atoms with Crippen LogP contribution in [-0.2, 0) is 23.8 Å². The molecule has 18 heavy (non-hydrogen) atoms. The molecule has 5 nitrogen and oxygen atoms in total. The van der Waals surface area contributed by atoms with Crippen LogP contribution in [0.5, 0.6) is 0 Å². The van der Waals surface area contributed by atoms with Gasteiger partial charge in [-0.05, 0) is 12.8 Å². The van der Waals surface area contributed by atoms with Crippen LogP contribution in [0.4, 0.5) is 13.2 Å². The molecule has 0 N–H and O–H groups in total. The number of alkyl halides is 3. The zero-order valence-corrected chi connectivity index (χ0v) is 10.1. The SMILES string of the molecule is COC(=O)C(CCCOCC(F)(F)F)C(=O)OC. The average Bonchev–Trinajstić information content (AvgIpc) is 2.30. The molecule has 0 radical (unpaired) electrons. The first-order valence-electron chi connectivity index (χ1n) is 5.12. The van der Waals surface area contributed by atoms with Gasteiger partial charge < -0.3 is 14.2 Å². The quantitative estimate of drug-likeness (QED) is 0.397. The van der Waals surface area contributed by atoms with E-state index in [0.29, 0.717) is 0 Å². The maximum absolute atomic E-state index is 11.7. The summed E-state index contributed by atoms with van der Waals surface area (Å²) in [6.45, 7) is -1.56. The van der Waals surface area contributed by atoms with Crippen LogP contribution in [0.3, 0.4) is 0 Å². The summed E-state index contributed by atoms with van der Waals surface area (Å²) in [5, 5.41) is 0. The lowest BCUT2D eigenvalue weighted by Gasteiger charge is -2.12. The fraction of sp³-hybridized carbons (Fsp3) is 0.800. The molecular formula is C10H15F3O5. The largest absolute Gasteiger partial charge is 0.468 e. The first-order chi connectivity index (χ1) is 8.31.